The Morgan fingerprint density at radius 1 is 0.684 bits per heavy atom. The van der Waals surface area contributed by atoms with Crippen LogP contribution >= 0.6 is 0 Å². The van der Waals surface area contributed by atoms with Gasteiger partial charge in [-0.1, -0.05) is 12.1 Å². The van der Waals surface area contributed by atoms with E-state index in [4.69, 9.17) is 11.5 Å². The van der Waals surface area contributed by atoms with Gasteiger partial charge in [0.15, 0.2) is 0 Å². The predicted molar refractivity (Wildman–Crippen MR) is 83.5 cm³/mol. The molecule has 0 atom stereocenters. The molecule has 0 heterocycles. The lowest BCUT2D eigenvalue weighted by Gasteiger charge is -2.16. The minimum atomic E-state index is 0.804. The Bertz CT molecular complexity index is 572. The van der Waals surface area contributed by atoms with Gasteiger partial charge in [0.1, 0.15) is 0 Å². The summed E-state index contributed by atoms with van der Waals surface area (Å²) < 4.78 is 0. The number of benzene rings is 2. The molecule has 2 aromatic carbocycles. The van der Waals surface area contributed by atoms with E-state index in [1.165, 1.54) is 33.4 Å². The van der Waals surface area contributed by atoms with Gasteiger partial charge >= 0.3 is 0 Å². The van der Waals surface area contributed by atoms with E-state index >= 15 is 0 Å². The fraction of sp³-hybridized carbons (Fsp3) is 0.294. The molecule has 2 rings (SSSR count). The SMILES string of the molecule is Cc1ccc(N)c(Cc2c(N)ccc(C)c2C)c1C. The minimum absolute atomic E-state index is 0.804. The molecule has 0 bridgehead atoms. The summed E-state index contributed by atoms with van der Waals surface area (Å²) in [6.07, 6.45) is 0.804. The highest BCUT2D eigenvalue weighted by atomic mass is 14.6. The van der Waals surface area contributed by atoms with Gasteiger partial charge in [-0.25, -0.2) is 0 Å². The van der Waals surface area contributed by atoms with E-state index in [1.54, 1.807) is 0 Å². The van der Waals surface area contributed by atoms with Crippen molar-refractivity contribution in [3.8, 4) is 0 Å². The van der Waals surface area contributed by atoms with Crippen molar-refractivity contribution in [2.24, 2.45) is 0 Å². The number of nitrogen functional groups attached to an aromatic ring is 2. The zero-order chi connectivity index (χ0) is 14.2. The van der Waals surface area contributed by atoms with Crippen LogP contribution in [0.2, 0.25) is 0 Å². The second-order valence-electron chi connectivity index (χ2n) is 5.33. The first-order chi connectivity index (χ1) is 8.91. The molecule has 19 heavy (non-hydrogen) atoms. The lowest BCUT2D eigenvalue weighted by Crippen LogP contribution is -2.05. The molecule has 0 saturated carbocycles. The van der Waals surface area contributed by atoms with Gasteiger partial charge < -0.3 is 11.5 Å². The van der Waals surface area contributed by atoms with E-state index < -0.39 is 0 Å². The normalized spacial score (nSPS) is 10.7. The van der Waals surface area contributed by atoms with E-state index in [-0.39, 0.29) is 0 Å². The van der Waals surface area contributed by atoms with E-state index in [2.05, 4.69) is 39.8 Å². The third-order valence-electron chi connectivity index (χ3n) is 4.16. The average molecular weight is 254 g/mol. The molecule has 0 fully saturated rings. The predicted octanol–water partition coefficient (Wildman–Crippen LogP) is 3.68. The molecule has 4 N–H and O–H groups in total. The second kappa shape index (κ2) is 4.96. The summed E-state index contributed by atoms with van der Waals surface area (Å²) in [4.78, 5) is 0. The van der Waals surface area contributed by atoms with E-state index in [0.717, 1.165) is 17.8 Å². The van der Waals surface area contributed by atoms with Crippen LogP contribution < -0.4 is 11.5 Å². The molecular formula is C17H22N2. The third-order valence-corrected chi connectivity index (χ3v) is 4.16. The molecule has 0 radical (unpaired) electrons. The first-order valence-electron chi connectivity index (χ1n) is 6.61. The van der Waals surface area contributed by atoms with Gasteiger partial charge in [0, 0.05) is 17.8 Å². The highest BCUT2D eigenvalue weighted by Gasteiger charge is 2.11. The van der Waals surface area contributed by atoms with Gasteiger partial charge in [-0.3, -0.25) is 0 Å². The highest BCUT2D eigenvalue weighted by Crippen LogP contribution is 2.28. The molecule has 0 spiro atoms. The van der Waals surface area contributed by atoms with Crippen molar-refractivity contribution < 1.29 is 0 Å². The first kappa shape index (κ1) is 13.5. The zero-order valence-corrected chi connectivity index (χ0v) is 12.2. The average Bonchev–Trinajstić information content (AvgIpc) is 2.38. The molecule has 0 aliphatic heterocycles. The summed E-state index contributed by atoms with van der Waals surface area (Å²) in [7, 11) is 0. The van der Waals surface area contributed by atoms with Crippen LogP contribution in [0.3, 0.4) is 0 Å². The molecule has 2 aromatic rings. The van der Waals surface area contributed by atoms with E-state index in [9.17, 15) is 0 Å². The van der Waals surface area contributed by atoms with Crippen LogP contribution in [0, 0.1) is 27.7 Å². The molecule has 0 aliphatic carbocycles. The number of hydrogen-bond acceptors (Lipinski definition) is 2. The van der Waals surface area contributed by atoms with Crippen LogP contribution in [0.1, 0.15) is 33.4 Å². The Balaban J connectivity index is 2.54. The van der Waals surface area contributed by atoms with Gasteiger partial charge in [-0.15, -0.1) is 0 Å². The molecule has 2 nitrogen and oxygen atoms in total. The highest BCUT2D eigenvalue weighted by molar-refractivity contribution is 5.60. The van der Waals surface area contributed by atoms with Crippen molar-refractivity contribution in [3.63, 3.8) is 0 Å². The lowest BCUT2D eigenvalue weighted by atomic mass is 9.91. The minimum Gasteiger partial charge on any atom is -0.398 e. The van der Waals surface area contributed by atoms with Crippen molar-refractivity contribution in [2.75, 3.05) is 11.5 Å². The van der Waals surface area contributed by atoms with Crippen molar-refractivity contribution in [2.45, 2.75) is 34.1 Å². The van der Waals surface area contributed by atoms with Crippen molar-refractivity contribution in [1.82, 2.24) is 0 Å². The number of nitrogens with two attached hydrogens (primary N) is 2. The third kappa shape index (κ3) is 2.43. The Morgan fingerprint density at radius 3 is 1.42 bits per heavy atom. The molecule has 0 amide bonds. The van der Waals surface area contributed by atoms with Crippen molar-refractivity contribution in [3.05, 3.63) is 57.6 Å². The number of anilines is 2. The smallest absolute Gasteiger partial charge is 0.0352 e. The molecule has 0 saturated heterocycles. The van der Waals surface area contributed by atoms with Crippen LogP contribution in [0.25, 0.3) is 0 Å². The molecule has 2 heteroatoms. The van der Waals surface area contributed by atoms with Gasteiger partial charge in [0.25, 0.3) is 0 Å². The molecule has 0 aromatic heterocycles. The van der Waals surface area contributed by atoms with Crippen LogP contribution in [0.5, 0.6) is 0 Å². The summed E-state index contributed by atoms with van der Waals surface area (Å²) in [5.74, 6) is 0. The van der Waals surface area contributed by atoms with E-state index in [1.807, 2.05) is 12.1 Å². The summed E-state index contributed by atoms with van der Waals surface area (Å²) in [6.45, 7) is 8.49. The summed E-state index contributed by atoms with van der Waals surface area (Å²) in [5, 5.41) is 0. The lowest BCUT2D eigenvalue weighted by molar-refractivity contribution is 1.11. The quantitative estimate of drug-likeness (QED) is 0.803. The Labute approximate surface area is 115 Å². The van der Waals surface area contributed by atoms with Crippen LogP contribution in [0.15, 0.2) is 24.3 Å². The Hall–Kier alpha value is -1.96. The van der Waals surface area contributed by atoms with Gasteiger partial charge in [0.05, 0.1) is 0 Å². The monoisotopic (exact) mass is 254 g/mol. The van der Waals surface area contributed by atoms with Crippen molar-refractivity contribution in [1.29, 1.82) is 0 Å². The second-order valence-corrected chi connectivity index (χ2v) is 5.33. The Morgan fingerprint density at radius 2 is 1.05 bits per heavy atom. The fourth-order valence-electron chi connectivity index (χ4n) is 2.44. The van der Waals surface area contributed by atoms with Gasteiger partial charge in [0.2, 0.25) is 0 Å². The zero-order valence-electron chi connectivity index (χ0n) is 12.2. The summed E-state index contributed by atoms with van der Waals surface area (Å²) >= 11 is 0. The maximum absolute atomic E-state index is 6.14. The summed E-state index contributed by atoms with van der Waals surface area (Å²) in [6, 6.07) is 8.11. The van der Waals surface area contributed by atoms with Gasteiger partial charge in [-0.2, -0.15) is 0 Å². The fourth-order valence-corrected chi connectivity index (χ4v) is 2.44. The molecular weight excluding hydrogens is 232 g/mol. The summed E-state index contributed by atoms with van der Waals surface area (Å²) in [5.41, 5.74) is 21.4. The maximum Gasteiger partial charge on any atom is 0.0352 e. The van der Waals surface area contributed by atoms with Gasteiger partial charge in [-0.05, 0) is 73.2 Å². The first-order valence-corrected chi connectivity index (χ1v) is 6.61. The Kier molecular flexibility index (Phi) is 3.52. The molecule has 0 unspecified atom stereocenters. The van der Waals surface area contributed by atoms with Crippen LogP contribution in [-0.4, -0.2) is 0 Å². The number of aryl methyl sites for hydroxylation is 2. The van der Waals surface area contributed by atoms with Crippen molar-refractivity contribution >= 4 is 11.4 Å². The van der Waals surface area contributed by atoms with E-state index in [0.29, 0.717) is 0 Å². The molecule has 100 valence electrons. The topological polar surface area (TPSA) is 52.0 Å². The number of rotatable bonds is 2. The number of hydrogen-bond donors (Lipinski definition) is 2. The standard InChI is InChI=1S/C17H22N2/c1-10-5-7-16(18)14(12(10)3)9-15-13(4)11(2)6-8-17(15)19/h5-8H,9,18-19H2,1-4H3. The van der Waals surface area contributed by atoms with Crippen LogP contribution in [0.4, 0.5) is 11.4 Å². The van der Waals surface area contributed by atoms with Crippen LogP contribution in [-0.2, 0) is 6.42 Å². The maximum atomic E-state index is 6.14. The molecule has 0 aliphatic rings. The largest absolute Gasteiger partial charge is 0.398 e.